The Kier molecular flexibility index (Phi) is 6.10. The molecule has 1 saturated carbocycles. The molecule has 0 amide bonds. The summed E-state index contributed by atoms with van der Waals surface area (Å²) in [5.74, 6) is 0. The molecule has 0 spiro atoms. The number of nitrogens with one attached hydrogen (secondary N) is 1. The van der Waals surface area contributed by atoms with Gasteiger partial charge in [-0.2, -0.15) is 0 Å². The number of hydrogen-bond donors (Lipinski definition) is 2. The molecule has 0 radical (unpaired) electrons. The van der Waals surface area contributed by atoms with Gasteiger partial charge in [-0.1, -0.05) is 20.8 Å². The third-order valence-electron chi connectivity index (χ3n) is 5.76. The van der Waals surface area contributed by atoms with E-state index in [9.17, 15) is 5.11 Å². The summed E-state index contributed by atoms with van der Waals surface area (Å²) in [6, 6.07) is 0.671. The Morgan fingerprint density at radius 2 is 1.95 bits per heavy atom. The van der Waals surface area contributed by atoms with Crippen LogP contribution in [0.25, 0.3) is 0 Å². The van der Waals surface area contributed by atoms with Gasteiger partial charge in [-0.05, 0) is 76.4 Å². The molecular weight excluding hydrogens is 260 g/mol. The first kappa shape index (κ1) is 17.2. The standard InChI is InChI=1S/C18H36N2O/c1-4-11-19-18(15-21)9-5-7-16(14-18)20-12-6-8-17(2,3)10-13-20/h16,19,21H,4-15H2,1-3H3. The first-order valence-electron chi connectivity index (χ1n) is 9.10. The smallest absolute Gasteiger partial charge is 0.0613 e. The molecule has 0 bridgehead atoms. The molecule has 2 aliphatic rings. The number of hydrogen-bond acceptors (Lipinski definition) is 3. The van der Waals surface area contributed by atoms with Gasteiger partial charge in [0.25, 0.3) is 0 Å². The number of rotatable bonds is 5. The maximum Gasteiger partial charge on any atom is 0.0613 e. The number of nitrogens with zero attached hydrogens (tertiary/aromatic N) is 1. The van der Waals surface area contributed by atoms with Crippen molar-refractivity contribution in [1.29, 1.82) is 0 Å². The Bertz CT molecular complexity index is 318. The van der Waals surface area contributed by atoms with E-state index in [1.807, 2.05) is 0 Å². The van der Waals surface area contributed by atoms with E-state index < -0.39 is 0 Å². The summed E-state index contributed by atoms with van der Waals surface area (Å²) in [5.41, 5.74) is 0.499. The molecule has 2 unspecified atom stereocenters. The maximum absolute atomic E-state index is 9.94. The maximum atomic E-state index is 9.94. The molecule has 3 heteroatoms. The third-order valence-corrected chi connectivity index (χ3v) is 5.76. The minimum absolute atomic E-state index is 0.0131. The monoisotopic (exact) mass is 296 g/mol. The zero-order valence-electron chi connectivity index (χ0n) is 14.5. The van der Waals surface area contributed by atoms with Crippen LogP contribution >= 0.6 is 0 Å². The van der Waals surface area contributed by atoms with Gasteiger partial charge in [0.1, 0.15) is 0 Å². The molecule has 0 aromatic rings. The van der Waals surface area contributed by atoms with Gasteiger partial charge in [0.2, 0.25) is 0 Å². The van der Waals surface area contributed by atoms with Crippen LogP contribution < -0.4 is 5.32 Å². The van der Waals surface area contributed by atoms with Crippen LogP contribution in [0.4, 0.5) is 0 Å². The average molecular weight is 296 g/mol. The fraction of sp³-hybridized carbons (Fsp3) is 1.00. The van der Waals surface area contributed by atoms with Gasteiger partial charge < -0.3 is 15.3 Å². The van der Waals surface area contributed by atoms with E-state index >= 15 is 0 Å². The second-order valence-corrected chi connectivity index (χ2v) is 8.17. The molecule has 124 valence electrons. The van der Waals surface area contributed by atoms with Crippen LogP contribution in [0.1, 0.15) is 72.1 Å². The highest BCUT2D eigenvalue weighted by molar-refractivity contribution is 4.97. The Morgan fingerprint density at radius 3 is 2.67 bits per heavy atom. The third kappa shape index (κ3) is 4.67. The van der Waals surface area contributed by atoms with Crippen molar-refractivity contribution in [2.45, 2.75) is 83.7 Å². The molecular formula is C18H36N2O. The van der Waals surface area contributed by atoms with Crippen molar-refractivity contribution in [3.05, 3.63) is 0 Å². The van der Waals surface area contributed by atoms with Crippen molar-refractivity contribution in [2.24, 2.45) is 5.41 Å². The van der Waals surface area contributed by atoms with Crippen LogP contribution in [0.3, 0.4) is 0 Å². The highest BCUT2D eigenvalue weighted by Crippen LogP contribution is 2.35. The van der Waals surface area contributed by atoms with Crippen LogP contribution in [-0.4, -0.2) is 47.8 Å². The zero-order valence-corrected chi connectivity index (χ0v) is 14.5. The largest absolute Gasteiger partial charge is 0.394 e. The molecule has 2 fully saturated rings. The fourth-order valence-electron chi connectivity index (χ4n) is 4.20. The molecule has 1 saturated heterocycles. The lowest BCUT2D eigenvalue weighted by atomic mass is 9.78. The highest BCUT2D eigenvalue weighted by atomic mass is 16.3. The van der Waals surface area contributed by atoms with Gasteiger partial charge in [0.05, 0.1) is 6.61 Å². The molecule has 21 heavy (non-hydrogen) atoms. The molecule has 0 aromatic heterocycles. The van der Waals surface area contributed by atoms with E-state index in [1.165, 1.54) is 45.2 Å². The normalized spacial score (nSPS) is 34.6. The second kappa shape index (κ2) is 7.43. The predicted octanol–water partition coefficient (Wildman–Crippen LogP) is 3.17. The van der Waals surface area contributed by atoms with E-state index in [1.54, 1.807) is 0 Å². The topological polar surface area (TPSA) is 35.5 Å². The van der Waals surface area contributed by atoms with E-state index in [0.29, 0.717) is 18.1 Å². The second-order valence-electron chi connectivity index (χ2n) is 8.17. The Morgan fingerprint density at radius 1 is 1.14 bits per heavy atom. The SMILES string of the molecule is CCCNC1(CO)CCCC(N2CCCC(C)(C)CC2)C1. The van der Waals surface area contributed by atoms with Gasteiger partial charge in [0, 0.05) is 11.6 Å². The first-order valence-corrected chi connectivity index (χ1v) is 9.10. The van der Waals surface area contributed by atoms with E-state index in [0.717, 1.165) is 25.8 Å². The summed E-state index contributed by atoms with van der Waals surface area (Å²) in [7, 11) is 0. The summed E-state index contributed by atoms with van der Waals surface area (Å²) in [6.07, 6.45) is 9.98. The van der Waals surface area contributed by atoms with Crippen molar-refractivity contribution in [3.8, 4) is 0 Å². The van der Waals surface area contributed by atoms with Crippen molar-refractivity contribution < 1.29 is 5.11 Å². The molecule has 0 aromatic carbocycles. The lowest BCUT2D eigenvalue weighted by Gasteiger charge is -2.44. The summed E-state index contributed by atoms with van der Waals surface area (Å²) < 4.78 is 0. The van der Waals surface area contributed by atoms with Crippen molar-refractivity contribution >= 4 is 0 Å². The van der Waals surface area contributed by atoms with Crippen LogP contribution in [0, 0.1) is 5.41 Å². The Balaban J connectivity index is 1.96. The quantitative estimate of drug-likeness (QED) is 0.818. The Hall–Kier alpha value is -0.120. The van der Waals surface area contributed by atoms with Crippen LogP contribution in [0.5, 0.6) is 0 Å². The minimum atomic E-state index is -0.0131. The summed E-state index contributed by atoms with van der Waals surface area (Å²) in [4.78, 5) is 2.73. The Labute approximate surface area is 131 Å². The molecule has 2 N–H and O–H groups in total. The number of aliphatic hydroxyl groups excluding tert-OH is 1. The molecule has 1 heterocycles. The summed E-state index contributed by atoms with van der Waals surface area (Å²) in [6.45, 7) is 10.9. The van der Waals surface area contributed by atoms with Crippen molar-refractivity contribution in [3.63, 3.8) is 0 Å². The van der Waals surface area contributed by atoms with Gasteiger partial charge in [-0.3, -0.25) is 0 Å². The minimum Gasteiger partial charge on any atom is -0.394 e. The van der Waals surface area contributed by atoms with E-state index in [4.69, 9.17) is 0 Å². The summed E-state index contributed by atoms with van der Waals surface area (Å²) >= 11 is 0. The fourth-order valence-corrected chi connectivity index (χ4v) is 4.20. The molecule has 2 rings (SSSR count). The van der Waals surface area contributed by atoms with E-state index in [2.05, 4.69) is 31.0 Å². The average Bonchev–Trinajstić information content (AvgIpc) is 2.66. The van der Waals surface area contributed by atoms with Gasteiger partial charge in [0.15, 0.2) is 0 Å². The van der Waals surface area contributed by atoms with Crippen LogP contribution in [0.2, 0.25) is 0 Å². The van der Waals surface area contributed by atoms with Crippen LogP contribution in [-0.2, 0) is 0 Å². The van der Waals surface area contributed by atoms with Crippen molar-refractivity contribution in [2.75, 3.05) is 26.2 Å². The number of aliphatic hydroxyl groups is 1. The molecule has 1 aliphatic carbocycles. The van der Waals surface area contributed by atoms with Gasteiger partial charge in [-0.25, -0.2) is 0 Å². The van der Waals surface area contributed by atoms with Crippen LogP contribution in [0.15, 0.2) is 0 Å². The van der Waals surface area contributed by atoms with Gasteiger partial charge in [-0.15, -0.1) is 0 Å². The summed E-state index contributed by atoms with van der Waals surface area (Å²) in [5, 5.41) is 13.6. The molecule has 2 atom stereocenters. The highest BCUT2D eigenvalue weighted by Gasteiger charge is 2.38. The lowest BCUT2D eigenvalue weighted by Crippen LogP contribution is -2.56. The zero-order chi connectivity index (χ0) is 15.3. The predicted molar refractivity (Wildman–Crippen MR) is 89.6 cm³/mol. The molecule has 1 aliphatic heterocycles. The van der Waals surface area contributed by atoms with E-state index in [-0.39, 0.29) is 5.54 Å². The lowest BCUT2D eigenvalue weighted by molar-refractivity contribution is 0.0594. The first-order chi connectivity index (χ1) is 10.0. The molecule has 3 nitrogen and oxygen atoms in total. The number of likely N-dealkylation sites (tertiary alicyclic amines) is 1. The van der Waals surface area contributed by atoms with Gasteiger partial charge >= 0.3 is 0 Å². The van der Waals surface area contributed by atoms with Crippen molar-refractivity contribution in [1.82, 2.24) is 10.2 Å².